The zero-order valence-corrected chi connectivity index (χ0v) is 16.2. The molecule has 2 amide bonds. The molecule has 0 aliphatic carbocycles. The molecular weight excluding hydrogens is 342 g/mol. The van der Waals surface area contributed by atoms with E-state index in [9.17, 15) is 9.59 Å². The summed E-state index contributed by atoms with van der Waals surface area (Å²) in [5, 5.41) is 5.31. The molecule has 0 unspecified atom stereocenters. The number of ether oxygens (including phenoxy) is 2. The van der Waals surface area contributed by atoms with E-state index in [0.717, 1.165) is 19.3 Å². The number of unbranched alkanes of at least 4 members (excludes halogenated alkanes) is 1. The van der Waals surface area contributed by atoms with Crippen LogP contribution in [-0.4, -0.2) is 54.8 Å². The van der Waals surface area contributed by atoms with E-state index in [4.69, 9.17) is 9.47 Å². The van der Waals surface area contributed by atoms with Crippen LogP contribution in [0.25, 0.3) is 0 Å². The Kier molecular flexibility index (Phi) is 10.8. The molecule has 0 spiro atoms. The SMILES string of the molecule is CCCCNC(=O)N(CCCOCC)Cc1nc(C(=O)OCC)cs1. The summed E-state index contributed by atoms with van der Waals surface area (Å²) in [4.78, 5) is 30.1. The molecule has 1 heterocycles. The topological polar surface area (TPSA) is 80.8 Å². The number of hydrogen-bond acceptors (Lipinski definition) is 6. The van der Waals surface area contributed by atoms with Gasteiger partial charge in [-0.05, 0) is 26.7 Å². The number of amides is 2. The summed E-state index contributed by atoms with van der Waals surface area (Å²) < 4.78 is 10.3. The number of carbonyl (C=O) groups is 2. The Morgan fingerprint density at radius 2 is 2.04 bits per heavy atom. The van der Waals surface area contributed by atoms with Gasteiger partial charge in [0, 0.05) is 31.7 Å². The Hall–Kier alpha value is -1.67. The van der Waals surface area contributed by atoms with Crippen molar-refractivity contribution in [2.24, 2.45) is 0 Å². The zero-order chi connectivity index (χ0) is 18.5. The standard InChI is InChI=1S/C17H29N3O4S/c1-4-7-9-18-17(22)20(10-8-11-23-5-2)12-15-19-14(13-25-15)16(21)24-6-3/h13H,4-12H2,1-3H3,(H,18,22). The minimum Gasteiger partial charge on any atom is -0.461 e. The van der Waals surface area contributed by atoms with Crippen LogP contribution >= 0.6 is 11.3 Å². The van der Waals surface area contributed by atoms with Crippen LogP contribution in [0.4, 0.5) is 4.79 Å². The van der Waals surface area contributed by atoms with E-state index in [1.807, 2.05) is 6.92 Å². The molecule has 1 rings (SSSR count). The minimum absolute atomic E-state index is 0.113. The molecule has 1 N–H and O–H groups in total. The fourth-order valence-electron chi connectivity index (χ4n) is 2.08. The lowest BCUT2D eigenvalue weighted by Gasteiger charge is -2.22. The van der Waals surface area contributed by atoms with Gasteiger partial charge in [-0.2, -0.15) is 0 Å². The van der Waals surface area contributed by atoms with Crippen molar-refractivity contribution in [3.8, 4) is 0 Å². The molecule has 1 aromatic rings. The van der Waals surface area contributed by atoms with Gasteiger partial charge < -0.3 is 19.7 Å². The third-order valence-electron chi connectivity index (χ3n) is 3.38. The molecule has 0 aromatic carbocycles. The Labute approximate surface area is 153 Å². The highest BCUT2D eigenvalue weighted by molar-refractivity contribution is 7.09. The third kappa shape index (κ3) is 8.31. The second-order valence-corrected chi connectivity index (χ2v) is 6.35. The number of urea groups is 1. The molecule has 8 heteroatoms. The molecule has 0 radical (unpaired) electrons. The first-order chi connectivity index (χ1) is 12.1. The van der Waals surface area contributed by atoms with Gasteiger partial charge in [0.15, 0.2) is 5.69 Å². The van der Waals surface area contributed by atoms with Gasteiger partial charge in [-0.15, -0.1) is 11.3 Å². The summed E-state index contributed by atoms with van der Waals surface area (Å²) in [5.74, 6) is -0.430. The highest BCUT2D eigenvalue weighted by Gasteiger charge is 2.17. The number of esters is 1. The second kappa shape index (κ2) is 12.7. The molecule has 0 aliphatic heterocycles. The zero-order valence-electron chi connectivity index (χ0n) is 15.4. The average molecular weight is 372 g/mol. The van der Waals surface area contributed by atoms with E-state index in [-0.39, 0.29) is 6.03 Å². The minimum atomic E-state index is -0.430. The lowest BCUT2D eigenvalue weighted by molar-refractivity contribution is 0.0520. The summed E-state index contributed by atoms with van der Waals surface area (Å²) in [6.45, 7) is 8.98. The number of aromatic nitrogens is 1. The van der Waals surface area contributed by atoms with E-state index in [1.54, 1.807) is 17.2 Å². The van der Waals surface area contributed by atoms with Gasteiger partial charge in [-0.1, -0.05) is 13.3 Å². The van der Waals surface area contributed by atoms with Crippen molar-refractivity contribution < 1.29 is 19.1 Å². The molecule has 0 fully saturated rings. The van der Waals surface area contributed by atoms with Crippen LogP contribution in [0.1, 0.15) is 55.5 Å². The number of hydrogen-bond donors (Lipinski definition) is 1. The monoisotopic (exact) mass is 371 g/mol. The van der Waals surface area contributed by atoms with Gasteiger partial charge in [-0.3, -0.25) is 0 Å². The van der Waals surface area contributed by atoms with E-state index < -0.39 is 5.97 Å². The fraction of sp³-hybridized carbons (Fsp3) is 0.706. The Balaban J connectivity index is 2.64. The first-order valence-electron chi connectivity index (χ1n) is 8.84. The molecule has 142 valence electrons. The number of nitrogens with zero attached hydrogens (tertiary/aromatic N) is 2. The summed E-state index contributed by atoms with van der Waals surface area (Å²) >= 11 is 1.36. The summed E-state index contributed by atoms with van der Waals surface area (Å²) in [5.41, 5.74) is 0.294. The Bertz CT molecular complexity index is 522. The maximum Gasteiger partial charge on any atom is 0.357 e. The molecule has 0 atom stereocenters. The molecule has 1 aromatic heterocycles. The van der Waals surface area contributed by atoms with Crippen LogP contribution in [0.5, 0.6) is 0 Å². The molecular formula is C17H29N3O4S. The molecule has 25 heavy (non-hydrogen) atoms. The van der Waals surface area contributed by atoms with Crippen molar-refractivity contribution in [2.75, 3.05) is 32.9 Å². The molecule has 0 aliphatic rings. The number of thiazole rings is 1. The lowest BCUT2D eigenvalue weighted by Crippen LogP contribution is -2.40. The number of nitrogens with one attached hydrogen (secondary N) is 1. The maximum atomic E-state index is 12.4. The third-order valence-corrected chi connectivity index (χ3v) is 4.21. The van der Waals surface area contributed by atoms with Crippen molar-refractivity contribution in [3.05, 3.63) is 16.1 Å². The lowest BCUT2D eigenvalue weighted by atomic mass is 10.3. The van der Waals surface area contributed by atoms with Gasteiger partial charge in [0.25, 0.3) is 0 Å². The average Bonchev–Trinajstić information content (AvgIpc) is 3.06. The first-order valence-corrected chi connectivity index (χ1v) is 9.72. The Morgan fingerprint density at radius 3 is 2.72 bits per heavy atom. The van der Waals surface area contributed by atoms with Crippen LogP contribution in [0.15, 0.2) is 5.38 Å². The van der Waals surface area contributed by atoms with Crippen molar-refractivity contribution >= 4 is 23.3 Å². The predicted octanol–water partition coefficient (Wildman–Crippen LogP) is 3.06. The quantitative estimate of drug-likeness (QED) is 0.451. The van der Waals surface area contributed by atoms with Gasteiger partial charge in [0.1, 0.15) is 5.01 Å². The summed E-state index contributed by atoms with van der Waals surface area (Å²) in [7, 11) is 0. The van der Waals surface area contributed by atoms with E-state index in [2.05, 4.69) is 17.2 Å². The van der Waals surface area contributed by atoms with E-state index in [0.29, 0.717) is 50.2 Å². The molecule has 0 bridgehead atoms. The predicted molar refractivity (Wildman–Crippen MR) is 97.9 cm³/mol. The van der Waals surface area contributed by atoms with Crippen LogP contribution in [0.3, 0.4) is 0 Å². The van der Waals surface area contributed by atoms with E-state index >= 15 is 0 Å². The maximum absolute atomic E-state index is 12.4. The van der Waals surface area contributed by atoms with E-state index in [1.165, 1.54) is 11.3 Å². The van der Waals surface area contributed by atoms with Crippen molar-refractivity contribution in [1.82, 2.24) is 15.2 Å². The second-order valence-electron chi connectivity index (χ2n) is 5.40. The van der Waals surface area contributed by atoms with Gasteiger partial charge in [0.05, 0.1) is 13.2 Å². The van der Waals surface area contributed by atoms with Crippen LogP contribution in [-0.2, 0) is 16.0 Å². The highest BCUT2D eigenvalue weighted by Crippen LogP contribution is 2.14. The van der Waals surface area contributed by atoms with Crippen molar-refractivity contribution in [2.45, 2.75) is 46.6 Å². The normalized spacial score (nSPS) is 10.5. The first kappa shape index (κ1) is 21.4. The summed E-state index contributed by atoms with van der Waals surface area (Å²) in [6, 6.07) is -0.113. The van der Waals surface area contributed by atoms with Crippen LogP contribution < -0.4 is 5.32 Å². The summed E-state index contributed by atoms with van der Waals surface area (Å²) in [6.07, 6.45) is 2.73. The molecule has 0 saturated carbocycles. The van der Waals surface area contributed by atoms with Crippen LogP contribution in [0.2, 0.25) is 0 Å². The van der Waals surface area contributed by atoms with Gasteiger partial charge in [-0.25, -0.2) is 14.6 Å². The van der Waals surface area contributed by atoms with Gasteiger partial charge in [0.2, 0.25) is 0 Å². The van der Waals surface area contributed by atoms with Crippen LogP contribution in [0, 0.1) is 0 Å². The largest absolute Gasteiger partial charge is 0.461 e. The number of rotatable bonds is 12. The smallest absolute Gasteiger partial charge is 0.357 e. The number of carbonyl (C=O) groups excluding carboxylic acids is 2. The highest BCUT2D eigenvalue weighted by atomic mass is 32.1. The molecule has 7 nitrogen and oxygen atoms in total. The van der Waals surface area contributed by atoms with Gasteiger partial charge >= 0.3 is 12.0 Å². The fourth-order valence-corrected chi connectivity index (χ4v) is 2.86. The Morgan fingerprint density at radius 1 is 1.24 bits per heavy atom. The van der Waals surface area contributed by atoms with Crippen molar-refractivity contribution in [3.63, 3.8) is 0 Å². The molecule has 0 saturated heterocycles. The van der Waals surface area contributed by atoms with Crippen molar-refractivity contribution in [1.29, 1.82) is 0 Å².